The summed E-state index contributed by atoms with van der Waals surface area (Å²) in [5.74, 6) is 2.76. The van der Waals surface area contributed by atoms with Gasteiger partial charge in [-0.05, 0) is 25.2 Å². The van der Waals surface area contributed by atoms with E-state index in [-0.39, 0.29) is 0 Å². The molecule has 86 valence electrons. The number of aryl methyl sites for hydroxylation is 1. The highest BCUT2D eigenvalue weighted by Crippen LogP contribution is 2.38. The fourth-order valence-corrected chi connectivity index (χ4v) is 2.38. The third-order valence-electron chi connectivity index (χ3n) is 3.42. The summed E-state index contributed by atoms with van der Waals surface area (Å²) in [7, 11) is 0. The van der Waals surface area contributed by atoms with Crippen molar-refractivity contribution in [2.24, 2.45) is 5.92 Å². The summed E-state index contributed by atoms with van der Waals surface area (Å²) in [6.45, 7) is 2.24. The van der Waals surface area contributed by atoms with Crippen LogP contribution in [0.25, 0.3) is 0 Å². The third kappa shape index (κ3) is 2.41. The predicted molar refractivity (Wildman–Crippen MR) is 58.6 cm³/mol. The van der Waals surface area contributed by atoms with Crippen molar-refractivity contribution in [1.29, 1.82) is 5.26 Å². The van der Waals surface area contributed by atoms with E-state index in [9.17, 15) is 0 Å². The van der Waals surface area contributed by atoms with Gasteiger partial charge in [0.25, 0.3) is 0 Å². The van der Waals surface area contributed by atoms with Crippen molar-refractivity contribution in [1.82, 2.24) is 10.1 Å². The Balaban J connectivity index is 1.95. The molecule has 1 aliphatic carbocycles. The molecule has 2 atom stereocenters. The van der Waals surface area contributed by atoms with E-state index in [0.717, 1.165) is 11.7 Å². The molecule has 1 saturated carbocycles. The normalized spacial score (nSPS) is 24.5. The van der Waals surface area contributed by atoms with Gasteiger partial charge in [0, 0.05) is 18.8 Å². The van der Waals surface area contributed by atoms with Crippen LogP contribution < -0.4 is 0 Å². The first kappa shape index (κ1) is 11.1. The van der Waals surface area contributed by atoms with Crippen LogP contribution in [0.5, 0.6) is 0 Å². The SMILES string of the molecule is CCC1CCC(c2noc(CCC#N)n2)C1. The van der Waals surface area contributed by atoms with Gasteiger partial charge < -0.3 is 4.52 Å². The van der Waals surface area contributed by atoms with E-state index in [1.54, 1.807) is 0 Å². The minimum Gasteiger partial charge on any atom is -0.339 e. The van der Waals surface area contributed by atoms with Crippen LogP contribution in [0, 0.1) is 17.2 Å². The largest absolute Gasteiger partial charge is 0.339 e. The molecule has 4 nitrogen and oxygen atoms in total. The summed E-state index contributed by atoms with van der Waals surface area (Å²) >= 11 is 0. The number of aromatic nitrogens is 2. The Morgan fingerprint density at radius 3 is 3.06 bits per heavy atom. The van der Waals surface area contributed by atoms with E-state index in [2.05, 4.69) is 23.1 Å². The van der Waals surface area contributed by atoms with Crippen molar-refractivity contribution in [3.8, 4) is 6.07 Å². The summed E-state index contributed by atoms with van der Waals surface area (Å²) in [6.07, 6.45) is 5.92. The fourth-order valence-electron chi connectivity index (χ4n) is 2.38. The van der Waals surface area contributed by atoms with Gasteiger partial charge in [0.15, 0.2) is 5.82 Å². The smallest absolute Gasteiger partial charge is 0.227 e. The number of hydrogen-bond donors (Lipinski definition) is 0. The minimum absolute atomic E-state index is 0.448. The van der Waals surface area contributed by atoms with Gasteiger partial charge in [0.2, 0.25) is 5.89 Å². The van der Waals surface area contributed by atoms with Crippen molar-refractivity contribution in [3.05, 3.63) is 11.7 Å². The Hall–Kier alpha value is -1.37. The molecule has 0 amide bonds. The molecule has 0 spiro atoms. The molecule has 0 N–H and O–H groups in total. The van der Waals surface area contributed by atoms with E-state index >= 15 is 0 Å². The predicted octanol–water partition coefficient (Wildman–Crippen LogP) is 2.82. The first-order chi connectivity index (χ1) is 7.83. The maximum Gasteiger partial charge on any atom is 0.227 e. The van der Waals surface area contributed by atoms with Gasteiger partial charge in [0.1, 0.15) is 0 Å². The van der Waals surface area contributed by atoms with Gasteiger partial charge >= 0.3 is 0 Å². The van der Waals surface area contributed by atoms with Gasteiger partial charge in [-0.1, -0.05) is 18.5 Å². The molecule has 1 aromatic rings. The first-order valence-corrected chi connectivity index (χ1v) is 6.03. The van der Waals surface area contributed by atoms with Crippen LogP contribution in [0.1, 0.15) is 56.7 Å². The minimum atomic E-state index is 0.448. The molecule has 2 unspecified atom stereocenters. The highest BCUT2D eigenvalue weighted by atomic mass is 16.5. The van der Waals surface area contributed by atoms with Gasteiger partial charge in [-0.15, -0.1) is 0 Å². The quantitative estimate of drug-likeness (QED) is 0.781. The van der Waals surface area contributed by atoms with Gasteiger partial charge in [-0.2, -0.15) is 10.2 Å². The molecular weight excluding hydrogens is 202 g/mol. The maximum absolute atomic E-state index is 8.47. The van der Waals surface area contributed by atoms with Crippen LogP contribution in [0.3, 0.4) is 0 Å². The molecule has 0 aliphatic heterocycles. The van der Waals surface area contributed by atoms with Gasteiger partial charge in [-0.3, -0.25) is 0 Å². The van der Waals surface area contributed by atoms with Crippen molar-refractivity contribution >= 4 is 0 Å². The Bertz CT molecular complexity index is 380. The van der Waals surface area contributed by atoms with E-state index in [1.165, 1.54) is 25.7 Å². The highest BCUT2D eigenvalue weighted by molar-refractivity contribution is 5.00. The maximum atomic E-state index is 8.47. The zero-order valence-electron chi connectivity index (χ0n) is 9.65. The molecule has 1 aliphatic rings. The standard InChI is InChI=1S/C12H17N3O/c1-2-9-5-6-10(8-9)12-14-11(16-15-12)4-3-7-13/h9-10H,2-6,8H2,1H3. The number of nitrogens with zero attached hydrogens (tertiary/aromatic N) is 3. The molecule has 0 saturated heterocycles. The summed E-state index contributed by atoms with van der Waals surface area (Å²) < 4.78 is 5.14. The zero-order valence-corrected chi connectivity index (χ0v) is 9.65. The summed E-state index contributed by atoms with van der Waals surface area (Å²) in [5, 5.41) is 12.5. The number of nitriles is 1. The summed E-state index contributed by atoms with van der Waals surface area (Å²) in [5.41, 5.74) is 0. The molecule has 0 bridgehead atoms. The van der Waals surface area contributed by atoms with Crippen LogP contribution in [-0.2, 0) is 6.42 Å². The second-order valence-corrected chi connectivity index (χ2v) is 4.49. The van der Waals surface area contributed by atoms with E-state index in [4.69, 9.17) is 9.78 Å². The van der Waals surface area contributed by atoms with Crippen molar-refractivity contribution in [2.45, 2.75) is 51.4 Å². The van der Waals surface area contributed by atoms with Crippen molar-refractivity contribution in [3.63, 3.8) is 0 Å². The van der Waals surface area contributed by atoms with Crippen molar-refractivity contribution < 1.29 is 4.52 Å². The molecule has 1 aromatic heterocycles. The molecule has 1 fully saturated rings. The average Bonchev–Trinajstić information content (AvgIpc) is 2.94. The van der Waals surface area contributed by atoms with E-state index < -0.39 is 0 Å². The van der Waals surface area contributed by atoms with Gasteiger partial charge in [0.05, 0.1) is 6.07 Å². The number of hydrogen-bond acceptors (Lipinski definition) is 4. The topological polar surface area (TPSA) is 62.7 Å². The Morgan fingerprint density at radius 2 is 2.38 bits per heavy atom. The lowest BCUT2D eigenvalue weighted by atomic mass is 10.0. The average molecular weight is 219 g/mol. The van der Waals surface area contributed by atoms with E-state index in [0.29, 0.717) is 24.7 Å². The molecular formula is C12H17N3O. The van der Waals surface area contributed by atoms with Gasteiger partial charge in [-0.25, -0.2) is 0 Å². The van der Waals surface area contributed by atoms with Crippen LogP contribution in [-0.4, -0.2) is 10.1 Å². The third-order valence-corrected chi connectivity index (χ3v) is 3.42. The Labute approximate surface area is 95.7 Å². The van der Waals surface area contributed by atoms with Crippen molar-refractivity contribution in [2.75, 3.05) is 0 Å². The van der Waals surface area contributed by atoms with Crippen LogP contribution >= 0.6 is 0 Å². The number of rotatable bonds is 4. The first-order valence-electron chi connectivity index (χ1n) is 6.03. The lowest BCUT2D eigenvalue weighted by Crippen LogP contribution is -1.97. The zero-order chi connectivity index (χ0) is 11.4. The van der Waals surface area contributed by atoms with Crippen LogP contribution in [0.2, 0.25) is 0 Å². The Morgan fingerprint density at radius 1 is 1.50 bits per heavy atom. The molecule has 4 heteroatoms. The molecule has 1 heterocycles. The second-order valence-electron chi connectivity index (χ2n) is 4.49. The molecule has 2 rings (SSSR count). The van der Waals surface area contributed by atoms with Crippen LogP contribution in [0.4, 0.5) is 0 Å². The highest BCUT2D eigenvalue weighted by Gasteiger charge is 2.28. The lowest BCUT2D eigenvalue weighted by Gasteiger charge is -2.04. The van der Waals surface area contributed by atoms with E-state index in [1.807, 2.05) is 0 Å². The molecule has 0 radical (unpaired) electrons. The monoisotopic (exact) mass is 219 g/mol. The molecule has 16 heavy (non-hydrogen) atoms. The molecule has 0 aromatic carbocycles. The lowest BCUT2D eigenvalue weighted by molar-refractivity contribution is 0.369. The Kier molecular flexibility index (Phi) is 3.55. The summed E-state index contributed by atoms with van der Waals surface area (Å²) in [4.78, 5) is 4.37. The second kappa shape index (κ2) is 5.11. The fraction of sp³-hybridized carbons (Fsp3) is 0.750. The summed E-state index contributed by atoms with van der Waals surface area (Å²) in [6, 6.07) is 2.08. The van der Waals surface area contributed by atoms with Crippen LogP contribution in [0.15, 0.2) is 4.52 Å².